The number of carbonyl (C=O) groups excluding carboxylic acids is 1. The van der Waals surface area contributed by atoms with E-state index in [0.717, 1.165) is 19.3 Å². The predicted octanol–water partition coefficient (Wildman–Crippen LogP) is 0.399. The molecule has 0 saturated heterocycles. The van der Waals surface area contributed by atoms with E-state index in [2.05, 4.69) is 27.3 Å². The average Bonchev–Trinajstić information content (AvgIpc) is 3.06. The van der Waals surface area contributed by atoms with Crippen molar-refractivity contribution in [2.24, 2.45) is 16.5 Å². The van der Waals surface area contributed by atoms with E-state index in [-0.39, 0.29) is 19.0 Å². The van der Waals surface area contributed by atoms with Gasteiger partial charge in [-0.25, -0.2) is 20.2 Å². The minimum atomic E-state index is -1.04. The number of ether oxygens (including phenoxy) is 1. The van der Waals surface area contributed by atoms with Crippen LogP contribution in [0.3, 0.4) is 0 Å². The molecule has 6 N–H and O–H groups in total. The van der Waals surface area contributed by atoms with Crippen LogP contribution in [0.1, 0.15) is 39.0 Å². The lowest BCUT2D eigenvalue weighted by Crippen LogP contribution is -2.50. The molecule has 0 aliphatic carbocycles. The summed E-state index contributed by atoms with van der Waals surface area (Å²) in [7, 11) is 0. The minimum absolute atomic E-state index is 0.0388. The Hall–Kier alpha value is -3.15. The van der Waals surface area contributed by atoms with E-state index >= 15 is 0 Å². The van der Waals surface area contributed by atoms with Crippen LogP contribution in [0.5, 0.6) is 0 Å². The molecule has 12 heteroatoms. The zero-order chi connectivity index (χ0) is 21.2. The molecule has 0 spiro atoms. The van der Waals surface area contributed by atoms with Crippen molar-refractivity contribution in [3.63, 3.8) is 0 Å². The number of carboxylic acid groups (broad SMARTS) is 1. The Morgan fingerprint density at radius 3 is 2.86 bits per heavy atom. The maximum atomic E-state index is 12.5. The first kappa shape index (κ1) is 22.1. The number of anilines is 2. The second-order valence-corrected chi connectivity index (χ2v) is 6.52. The Kier molecular flexibility index (Phi) is 8.40. The quantitative estimate of drug-likeness (QED) is 0.228. The number of rotatable bonds is 11. The molecule has 1 aliphatic heterocycles. The fraction of sp³-hybridized carbons (Fsp3) is 0.588. The van der Waals surface area contributed by atoms with Crippen molar-refractivity contribution in [3.8, 4) is 0 Å². The summed E-state index contributed by atoms with van der Waals surface area (Å²) in [6, 6.07) is -0.910. The highest BCUT2D eigenvalue weighted by Crippen LogP contribution is 2.32. The summed E-state index contributed by atoms with van der Waals surface area (Å²) in [6.07, 6.45) is 5.83. The van der Waals surface area contributed by atoms with E-state index in [0.29, 0.717) is 31.1 Å². The van der Waals surface area contributed by atoms with E-state index < -0.39 is 18.1 Å². The van der Waals surface area contributed by atoms with Gasteiger partial charge in [-0.05, 0) is 19.3 Å². The molecule has 2 rings (SSSR count). The number of hydrazine groups is 1. The summed E-state index contributed by atoms with van der Waals surface area (Å²) in [6.45, 7) is 2.76. The highest BCUT2D eigenvalue weighted by Gasteiger charge is 2.35. The summed E-state index contributed by atoms with van der Waals surface area (Å²) < 4.78 is 5.31. The Morgan fingerprint density at radius 2 is 2.17 bits per heavy atom. The Morgan fingerprint density at radius 1 is 1.38 bits per heavy atom. The van der Waals surface area contributed by atoms with E-state index in [1.165, 1.54) is 22.4 Å². The Balaban J connectivity index is 2.02. The highest BCUT2D eigenvalue weighted by molar-refractivity contribution is 5.94. The number of aromatic nitrogens is 2. The van der Waals surface area contributed by atoms with Crippen molar-refractivity contribution >= 4 is 29.5 Å². The number of aliphatic carboxylic acids is 1. The zero-order valence-electron chi connectivity index (χ0n) is 16.5. The van der Waals surface area contributed by atoms with Crippen LogP contribution in [-0.4, -0.2) is 59.0 Å². The van der Waals surface area contributed by atoms with Gasteiger partial charge in [0.15, 0.2) is 11.8 Å². The average molecular weight is 408 g/mol. The number of hydrogen-bond acceptors (Lipinski definition) is 8. The van der Waals surface area contributed by atoms with Gasteiger partial charge in [0, 0.05) is 6.54 Å². The Bertz CT molecular complexity index is 725. The molecule has 1 amide bonds. The van der Waals surface area contributed by atoms with Gasteiger partial charge in [-0.3, -0.25) is 19.7 Å². The molecular formula is C17H28N8O4. The first-order valence-electron chi connectivity index (χ1n) is 9.50. The van der Waals surface area contributed by atoms with Gasteiger partial charge in [0.2, 0.25) is 0 Å². The van der Waals surface area contributed by atoms with Gasteiger partial charge in [0.25, 0.3) is 0 Å². The number of unbranched alkanes of at least 4 members (excludes halogenated alkanes) is 2. The summed E-state index contributed by atoms with van der Waals surface area (Å²) in [5.74, 6) is -0.671. The van der Waals surface area contributed by atoms with Crippen LogP contribution in [0, 0.1) is 0 Å². The molecular weight excluding hydrogens is 380 g/mol. The van der Waals surface area contributed by atoms with Crippen LogP contribution in [0.2, 0.25) is 0 Å². The number of hydrogen-bond donors (Lipinski definition) is 4. The van der Waals surface area contributed by atoms with Gasteiger partial charge in [0.05, 0.1) is 12.8 Å². The second kappa shape index (κ2) is 11.0. The highest BCUT2D eigenvalue weighted by atomic mass is 16.6. The third-order valence-corrected chi connectivity index (χ3v) is 4.25. The number of carbonyl (C=O) groups is 2. The molecule has 0 saturated carbocycles. The summed E-state index contributed by atoms with van der Waals surface area (Å²) in [5.41, 5.74) is 13.9. The third kappa shape index (κ3) is 6.45. The standard InChI is InChI=1S/C17H28N8O4/c1-2-3-4-8-29-17(28)24-11-25(14-13(24)9-20-10-22-14)23-12(15(26)27)6-5-7-21-16(18)19/h9-10,12,23H,2-8,11H2,1H3,(H,26,27)(H4,18,19,21)/t12-/m1/s1. The lowest BCUT2D eigenvalue weighted by atomic mass is 10.1. The van der Waals surface area contributed by atoms with E-state index in [1.807, 2.05) is 0 Å². The van der Waals surface area contributed by atoms with Crippen LogP contribution >= 0.6 is 0 Å². The maximum Gasteiger partial charge on any atom is 0.416 e. The van der Waals surface area contributed by atoms with E-state index in [1.54, 1.807) is 0 Å². The topological polar surface area (TPSA) is 172 Å². The normalized spacial score (nSPS) is 13.7. The van der Waals surface area contributed by atoms with Gasteiger partial charge in [0.1, 0.15) is 24.7 Å². The molecule has 1 atom stereocenters. The number of aliphatic imine (C=N–C) groups is 1. The molecule has 2 heterocycles. The maximum absolute atomic E-state index is 12.5. The molecule has 29 heavy (non-hydrogen) atoms. The molecule has 0 aromatic carbocycles. The number of nitrogens with one attached hydrogen (secondary N) is 1. The number of amides is 1. The molecule has 0 radical (unpaired) electrons. The van der Waals surface area contributed by atoms with Crippen LogP contribution < -0.4 is 26.8 Å². The van der Waals surface area contributed by atoms with Gasteiger partial charge in [-0.1, -0.05) is 19.8 Å². The number of nitrogens with two attached hydrogens (primary N) is 2. The van der Waals surface area contributed by atoms with Gasteiger partial charge in [-0.2, -0.15) is 0 Å². The predicted molar refractivity (Wildman–Crippen MR) is 107 cm³/mol. The van der Waals surface area contributed by atoms with Crippen LogP contribution in [0.15, 0.2) is 17.5 Å². The smallest absolute Gasteiger partial charge is 0.416 e. The number of nitrogens with zero attached hydrogens (tertiary/aromatic N) is 5. The van der Waals surface area contributed by atoms with Crippen molar-refractivity contribution in [2.75, 3.05) is 29.7 Å². The lowest BCUT2D eigenvalue weighted by Gasteiger charge is -2.24. The minimum Gasteiger partial charge on any atom is -0.480 e. The molecule has 12 nitrogen and oxygen atoms in total. The zero-order valence-corrected chi connectivity index (χ0v) is 16.5. The largest absolute Gasteiger partial charge is 0.480 e. The van der Waals surface area contributed by atoms with Gasteiger partial charge >= 0.3 is 12.1 Å². The van der Waals surface area contributed by atoms with Crippen molar-refractivity contribution in [1.29, 1.82) is 0 Å². The molecule has 1 aromatic heterocycles. The van der Waals surface area contributed by atoms with Gasteiger partial charge < -0.3 is 21.3 Å². The van der Waals surface area contributed by atoms with Crippen molar-refractivity contribution in [2.45, 2.75) is 45.1 Å². The summed E-state index contributed by atoms with van der Waals surface area (Å²) in [5, 5.41) is 11.0. The summed E-state index contributed by atoms with van der Waals surface area (Å²) >= 11 is 0. The third-order valence-electron chi connectivity index (χ3n) is 4.25. The summed E-state index contributed by atoms with van der Waals surface area (Å²) in [4.78, 5) is 37.4. The van der Waals surface area contributed by atoms with Crippen molar-refractivity contribution in [3.05, 3.63) is 12.5 Å². The fourth-order valence-electron chi connectivity index (χ4n) is 2.78. The molecule has 160 valence electrons. The first-order chi connectivity index (χ1) is 13.9. The van der Waals surface area contributed by atoms with E-state index in [9.17, 15) is 14.7 Å². The molecule has 0 fully saturated rings. The van der Waals surface area contributed by atoms with Gasteiger partial charge in [-0.15, -0.1) is 0 Å². The number of carboxylic acids is 1. The molecule has 0 unspecified atom stereocenters. The monoisotopic (exact) mass is 408 g/mol. The van der Waals surface area contributed by atoms with Crippen LogP contribution in [-0.2, 0) is 9.53 Å². The van der Waals surface area contributed by atoms with E-state index in [4.69, 9.17) is 16.2 Å². The fourth-order valence-corrected chi connectivity index (χ4v) is 2.78. The SMILES string of the molecule is CCCCCOC(=O)N1CN(N[C@H](CCCN=C(N)N)C(=O)O)c2ncncc21. The molecule has 1 aromatic rings. The molecule has 1 aliphatic rings. The second-order valence-electron chi connectivity index (χ2n) is 6.52. The lowest BCUT2D eigenvalue weighted by molar-refractivity contribution is -0.139. The number of guanidine groups is 1. The van der Waals surface area contributed by atoms with Crippen molar-refractivity contribution < 1.29 is 19.4 Å². The van der Waals surface area contributed by atoms with Crippen molar-refractivity contribution in [1.82, 2.24) is 15.4 Å². The van der Waals surface area contributed by atoms with Crippen LogP contribution in [0.25, 0.3) is 0 Å². The molecule has 0 bridgehead atoms. The number of fused-ring (bicyclic) bond motifs is 1. The Labute approximate surface area is 168 Å². The first-order valence-corrected chi connectivity index (χ1v) is 9.50. The van der Waals surface area contributed by atoms with Crippen LogP contribution in [0.4, 0.5) is 16.3 Å².